The molecule has 1 saturated carbocycles. The summed E-state index contributed by atoms with van der Waals surface area (Å²) in [5.74, 6) is 1.52. The standard InChI is InChI=1S/C26H32ClN3O/c1-18(2)16-29(26(31)14-20-8-6-7-19(3)13-20)17-25-28-23-12-11-21(27)15-24(23)30(25)22-9-4-5-10-22/h6-8,11-13,15,18,22H,4-5,9-10,14,16-17H2,1-3H3. The van der Waals surface area contributed by atoms with Crippen molar-refractivity contribution in [2.24, 2.45) is 5.92 Å². The van der Waals surface area contributed by atoms with E-state index in [1.54, 1.807) is 0 Å². The molecule has 1 heterocycles. The number of nitrogens with zero attached hydrogens (tertiary/aromatic N) is 3. The quantitative estimate of drug-likeness (QED) is 0.432. The van der Waals surface area contributed by atoms with E-state index in [4.69, 9.17) is 16.6 Å². The zero-order chi connectivity index (χ0) is 22.0. The van der Waals surface area contributed by atoms with Crippen LogP contribution in [-0.2, 0) is 17.8 Å². The molecule has 1 amide bonds. The third-order valence-corrected chi connectivity index (χ3v) is 6.36. The number of amides is 1. The highest BCUT2D eigenvalue weighted by Crippen LogP contribution is 2.35. The molecule has 0 unspecified atom stereocenters. The fourth-order valence-corrected chi connectivity index (χ4v) is 4.94. The van der Waals surface area contributed by atoms with Crippen LogP contribution in [0, 0.1) is 12.8 Å². The molecule has 0 N–H and O–H groups in total. The van der Waals surface area contributed by atoms with Gasteiger partial charge in [0.1, 0.15) is 5.82 Å². The first-order valence-corrected chi connectivity index (χ1v) is 11.8. The highest BCUT2D eigenvalue weighted by Gasteiger charge is 2.25. The van der Waals surface area contributed by atoms with E-state index in [9.17, 15) is 4.79 Å². The first kappa shape index (κ1) is 21.9. The predicted molar refractivity (Wildman–Crippen MR) is 127 cm³/mol. The van der Waals surface area contributed by atoms with Crippen LogP contribution >= 0.6 is 11.6 Å². The summed E-state index contributed by atoms with van der Waals surface area (Å²) in [7, 11) is 0. The summed E-state index contributed by atoms with van der Waals surface area (Å²) in [4.78, 5) is 20.3. The molecule has 0 aliphatic heterocycles. The smallest absolute Gasteiger partial charge is 0.227 e. The van der Waals surface area contributed by atoms with Crippen LogP contribution in [-0.4, -0.2) is 26.9 Å². The van der Waals surface area contributed by atoms with Crippen molar-refractivity contribution in [2.75, 3.05) is 6.54 Å². The van der Waals surface area contributed by atoms with Gasteiger partial charge in [-0.05, 0) is 49.4 Å². The Bertz CT molecular complexity index is 1070. The number of hydrogen-bond acceptors (Lipinski definition) is 2. The lowest BCUT2D eigenvalue weighted by atomic mass is 10.1. The highest BCUT2D eigenvalue weighted by molar-refractivity contribution is 6.31. The van der Waals surface area contributed by atoms with Crippen molar-refractivity contribution >= 4 is 28.5 Å². The molecule has 1 fully saturated rings. The second-order valence-corrected chi connectivity index (χ2v) is 9.74. The van der Waals surface area contributed by atoms with Crippen molar-refractivity contribution in [3.05, 3.63) is 64.4 Å². The monoisotopic (exact) mass is 437 g/mol. The molecule has 0 atom stereocenters. The van der Waals surface area contributed by atoms with E-state index < -0.39 is 0 Å². The van der Waals surface area contributed by atoms with Crippen molar-refractivity contribution in [1.29, 1.82) is 0 Å². The van der Waals surface area contributed by atoms with Crippen LogP contribution in [0.3, 0.4) is 0 Å². The summed E-state index contributed by atoms with van der Waals surface area (Å²) in [6, 6.07) is 14.6. The molecule has 4 nitrogen and oxygen atoms in total. The van der Waals surface area contributed by atoms with Gasteiger partial charge >= 0.3 is 0 Å². The van der Waals surface area contributed by atoms with E-state index in [0.29, 0.717) is 24.9 Å². The topological polar surface area (TPSA) is 38.1 Å². The van der Waals surface area contributed by atoms with Crippen LogP contribution in [0.4, 0.5) is 0 Å². The minimum Gasteiger partial charge on any atom is -0.335 e. The summed E-state index contributed by atoms with van der Waals surface area (Å²) in [6.45, 7) is 7.64. The molecule has 0 spiro atoms. The lowest BCUT2D eigenvalue weighted by molar-refractivity contribution is -0.131. The Labute approximate surface area is 190 Å². The number of fused-ring (bicyclic) bond motifs is 1. The van der Waals surface area contributed by atoms with E-state index in [-0.39, 0.29) is 5.91 Å². The van der Waals surface area contributed by atoms with Crippen LogP contribution in [0.15, 0.2) is 42.5 Å². The van der Waals surface area contributed by atoms with Gasteiger partial charge in [0.05, 0.1) is 24.0 Å². The number of hydrogen-bond donors (Lipinski definition) is 0. The molecule has 0 bridgehead atoms. The molecule has 3 aromatic rings. The van der Waals surface area contributed by atoms with E-state index >= 15 is 0 Å². The Hall–Kier alpha value is -2.33. The normalized spacial score (nSPS) is 14.6. The minimum atomic E-state index is 0.155. The van der Waals surface area contributed by atoms with Gasteiger partial charge in [-0.2, -0.15) is 0 Å². The van der Waals surface area contributed by atoms with E-state index in [2.05, 4.69) is 37.5 Å². The van der Waals surface area contributed by atoms with Crippen LogP contribution in [0.5, 0.6) is 0 Å². The number of carbonyl (C=O) groups is 1. The minimum absolute atomic E-state index is 0.155. The van der Waals surface area contributed by atoms with Crippen molar-refractivity contribution < 1.29 is 4.79 Å². The van der Waals surface area contributed by atoms with Crippen molar-refractivity contribution in [3.63, 3.8) is 0 Å². The number of rotatable bonds is 7. The van der Waals surface area contributed by atoms with Gasteiger partial charge in [-0.25, -0.2) is 4.98 Å². The van der Waals surface area contributed by atoms with Gasteiger partial charge in [0.2, 0.25) is 5.91 Å². The fraction of sp³-hybridized carbons (Fsp3) is 0.462. The van der Waals surface area contributed by atoms with E-state index in [0.717, 1.165) is 46.8 Å². The third-order valence-electron chi connectivity index (χ3n) is 6.12. The van der Waals surface area contributed by atoms with Gasteiger partial charge in [-0.1, -0.05) is 68.1 Å². The maximum atomic E-state index is 13.3. The van der Waals surface area contributed by atoms with Gasteiger partial charge in [-0.15, -0.1) is 0 Å². The van der Waals surface area contributed by atoms with Gasteiger partial charge in [0, 0.05) is 17.6 Å². The molecule has 5 heteroatoms. The number of aromatic nitrogens is 2. The van der Waals surface area contributed by atoms with Gasteiger partial charge in [-0.3, -0.25) is 4.79 Å². The Kier molecular flexibility index (Phi) is 6.66. The maximum Gasteiger partial charge on any atom is 0.227 e. The zero-order valence-electron chi connectivity index (χ0n) is 18.8. The zero-order valence-corrected chi connectivity index (χ0v) is 19.5. The lowest BCUT2D eigenvalue weighted by Crippen LogP contribution is -2.36. The maximum absolute atomic E-state index is 13.3. The summed E-state index contributed by atoms with van der Waals surface area (Å²) in [5.41, 5.74) is 4.29. The molecular weight excluding hydrogens is 406 g/mol. The van der Waals surface area contributed by atoms with Crippen molar-refractivity contribution in [2.45, 2.75) is 65.5 Å². The summed E-state index contributed by atoms with van der Waals surface area (Å²) < 4.78 is 2.36. The fourth-order valence-electron chi connectivity index (χ4n) is 4.77. The van der Waals surface area contributed by atoms with Crippen molar-refractivity contribution in [3.8, 4) is 0 Å². The Morgan fingerprint density at radius 2 is 1.97 bits per heavy atom. The number of benzene rings is 2. The van der Waals surface area contributed by atoms with E-state index in [1.807, 2.05) is 35.2 Å². The predicted octanol–water partition coefficient (Wildman–Crippen LogP) is 6.34. The average molecular weight is 438 g/mol. The van der Waals surface area contributed by atoms with Gasteiger partial charge in [0.15, 0.2) is 0 Å². The molecule has 1 aliphatic rings. The Morgan fingerprint density at radius 1 is 1.19 bits per heavy atom. The Balaban J connectivity index is 1.66. The number of aryl methyl sites for hydroxylation is 1. The van der Waals surface area contributed by atoms with Crippen molar-refractivity contribution in [1.82, 2.24) is 14.5 Å². The number of halogens is 1. The second-order valence-electron chi connectivity index (χ2n) is 9.30. The summed E-state index contributed by atoms with van der Waals surface area (Å²) >= 11 is 6.33. The first-order valence-electron chi connectivity index (χ1n) is 11.4. The van der Waals surface area contributed by atoms with Crippen LogP contribution in [0.1, 0.15) is 62.5 Å². The summed E-state index contributed by atoms with van der Waals surface area (Å²) in [5, 5.41) is 0.729. The molecule has 2 aromatic carbocycles. The van der Waals surface area contributed by atoms with Crippen LogP contribution in [0.25, 0.3) is 11.0 Å². The number of carbonyl (C=O) groups excluding carboxylic acids is 1. The third kappa shape index (κ3) is 5.12. The average Bonchev–Trinajstić information content (AvgIpc) is 3.34. The molecule has 4 rings (SSSR count). The molecule has 0 radical (unpaired) electrons. The van der Waals surface area contributed by atoms with Crippen LogP contribution in [0.2, 0.25) is 5.02 Å². The SMILES string of the molecule is Cc1cccc(CC(=O)N(Cc2nc3ccc(Cl)cc3n2C2CCCC2)CC(C)C)c1. The molecule has 0 saturated heterocycles. The van der Waals surface area contributed by atoms with Gasteiger partial charge in [0.25, 0.3) is 0 Å². The van der Waals surface area contributed by atoms with E-state index in [1.165, 1.54) is 18.4 Å². The second kappa shape index (κ2) is 9.44. The van der Waals surface area contributed by atoms with Crippen LogP contribution < -0.4 is 0 Å². The molecular formula is C26H32ClN3O. The molecule has 1 aromatic heterocycles. The first-order chi connectivity index (χ1) is 14.9. The number of imidazole rings is 1. The molecule has 1 aliphatic carbocycles. The molecule has 31 heavy (non-hydrogen) atoms. The molecule has 164 valence electrons. The summed E-state index contributed by atoms with van der Waals surface area (Å²) in [6.07, 6.45) is 5.22. The Morgan fingerprint density at radius 3 is 2.68 bits per heavy atom. The largest absolute Gasteiger partial charge is 0.335 e. The van der Waals surface area contributed by atoms with Gasteiger partial charge < -0.3 is 9.47 Å². The lowest BCUT2D eigenvalue weighted by Gasteiger charge is -2.26. The highest BCUT2D eigenvalue weighted by atomic mass is 35.5.